The maximum atomic E-state index is 12.8. The lowest BCUT2D eigenvalue weighted by atomic mass is 10.1. The highest BCUT2D eigenvalue weighted by Crippen LogP contribution is 2.27. The highest BCUT2D eigenvalue weighted by Gasteiger charge is 2.11. The van der Waals surface area contributed by atoms with Crippen LogP contribution in [0.5, 0.6) is 5.75 Å². The summed E-state index contributed by atoms with van der Waals surface area (Å²) in [5, 5.41) is 1.88. The van der Waals surface area contributed by atoms with Gasteiger partial charge in [-0.2, -0.15) is 0 Å². The first-order chi connectivity index (χ1) is 13.0. The monoisotopic (exact) mass is 406 g/mol. The highest BCUT2D eigenvalue weighted by atomic mass is 35.5. The van der Waals surface area contributed by atoms with Crippen LogP contribution in [0.1, 0.15) is 26.7 Å². The fourth-order valence-electron chi connectivity index (χ4n) is 3.36. The fraction of sp³-hybridized carbons (Fsp3) is 0.381. The minimum absolute atomic E-state index is 0.107. The van der Waals surface area contributed by atoms with E-state index in [4.69, 9.17) is 27.9 Å². The third-order valence-electron chi connectivity index (χ3n) is 4.54. The molecule has 0 saturated carbocycles. The van der Waals surface area contributed by atoms with E-state index in [9.17, 15) is 4.79 Å². The van der Waals surface area contributed by atoms with Crippen LogP contribution in [0.3, 0.4) is 0 Å². The smallest absolute Gasteiger partial charge is 0.198 e. The van der Waals surface area contributed by atoms with E-state index in [1.807, 2.05) is 12.1 Å². The van der Waals surface area contributed by atoms with Crippen molar-refractivity contribution in [3.05, 3.63) is 50.6 Å². The Kier molecular flexibility index (Phi) is 6.64. The molecule has 27 heavy (non-hydrogen) atoms. The van der Waals surface area contributed by atoms with Crippen molar-refractivity contribution in [1.29, 1.82) is 0 Å². The van der Waals surface area contributed by atoms with E-state index in [2.05, 4.69) is 23.7 Å². The Hall–Kier alpha value is -1.75. The van der Waals surface area contributed by atoms with Crippen molar-refractivity contribution in [1.82, 2.24) is 9.88 Å². The number of benzene rings is 2. The molecule has 0 fully saturated rings. The van der Waals surface area contributed by atoms with Crippen molar-refractivity contribution < 1.29 is 4.74 Å². The normalized spacial score (nSPS) is 11.6. The van der Waals surface area contributed by atoms with E-state index in [0.29, 0.717) is 38.5 Å². The maximum absolute atomic E-state index is 12.8. The number of pyridine rings is 1. The van der Waals surface area contributed by atoms with Crippen LogP contribution >= 0.6 is 23.2 Å². The fourth-order valence-corrected chi connectivity index (χ4v) is 3.94. The number of aromatic amines is 1. The SMILES string of the molecule is CCCN(CCC)CCOc1ccc2c(=O)c3c(Cl)cc(Cl)cc3[nH]c2c1. The molecule has 0 aliphatic heterocycles. The summed E-state index contributed by atoms with van der Waals surface area (Å²) in [6.45, 7) is 8.03. The van der Waals surface area contributed by atoms with Crippen LogP contribution in [-0.4, -0.2) is 36.1 Å². The van der Waals surface area contributed by atoms with Gasteiger partial charge in [0.1, 0.15) is 12.4 Å². The molecule has 6 heteroatoms. The van der Waals surface area contributed by atoms with E-state index in [1.54, 1.807) is 18.2 Å². The van der Waals surface area contributed by atoms with Crippen molar-refractivity contribution >= 4 is 45.0 Å². The number of H-pyrrole nitrogens is 1. The summed E-state index contributed by atoms with van der Waals surface area (Å²) >= 11 is 12.3. The van der Waals surface area contributed by atoms with Gasteiger partial charge in [-0.1, -0.05) is 37.0 Å². The molecule has 0 atom stereocenters. The van der Waals surface area contributed by atoms with Gasteiger partial charge in [0, 0.05) is 23.0 Å². The minimum Gasteiger partial charge on any atom is -0.492 e. The average molecular weight is 407 g/mol. The topological polar surface area (TPSA) is 45.3 Å². The maximum Gasteiger partial charge on any atom is 0.198 e. The average Bonchev–Trinajstić information content (AvgIpc) is 2.61. The van der Waals surface area contributed by atoms with Gasteiger partial charge in [-0.15, -0.1) is 0 Å². The van der Waals surface area contributed by atoms with Crippen LogP contribution in [0, 0.1) is 0 Å². The second kappa shape index (κ2) is 8.96. The van der Waals surface area contributed by atoms with Crippen LogP contribution < -0.4 is 10.2 Å². The lowest BCUT2D eigenvalue weighted by Crippen LogP contribution is -2.30. The van der Waals surface area contributed by atoms with Crippen molar-refractivity contribution in [2.24, 2.45) is 0 Å². The lowest BCUT2D eigenvalue weighted by molar-refractivity contribution is 0.209. The Morgan fingerprint density at radius 3 is 2.44 bits per heavy atom. The third-order valence-corrected chi connectivity index (χ3v) is 5.06. The number of ether oxygens (including phenoxy) is 1. The summed E-state index contributed by atoms with van der Waals surface area (Å²) in [6, 6.07) is 8.77. The van der Waals surface area contributed by atoms with Gasteiger partial charge in [0.05, 0.1) is 21.4 Å². The van der Waals surface area contributed by atoms with Gasteiger partial charge < -0.3 is 9.72 Å². The van der Waals surface area contributed by atoms with Gasteiger partial charge in [-0.05, 0) is 50.2 Å². The largest absolute Gasteiger partial charge is 0.492 e. The van der Waals surface area contributed by atoms with Crippen LogP contribution in [0.2, 0.25) is 10.0 Å². The highest BCUT2D eigenvalue weighted by molar-refractivity contribution is 6.38. The van der Waals surface area contributed by atoms with E-state index in [0.717, 1.165) is 38.2 Å². The molecule has 3 aromatic rings. The van der Waals surface area contributed by atoms with Crippen molar-refractivity contribution in [3.63, 3.8) is 0 Å². The van der Waals surface area contributed by atoms with Crippen molar-refractivity contribution in [3.8, 4) is 5.75 Å². The standard InChI is InChI=1S/C21H24Cl2N2O2/c1-3-7-25(8-4-2)9-10-27-15-5-6-16-18(13-15)24-19-12-14(22)11-17(23)20(19)21(16)26/h5-6,11-13H,3-4,7-10H2,1-2H3,(H,24,26). The zero-order chi connectivity index (χ0) is 19.4. The molecular weight excluding hydrogens is 383 g/mol. The zero-order valence-electron chi connectivity index (χ0n) is 15.6. The summed E-state index contributed by atoms with van der Waals surface area (Å²) in [5.41, 5.74) is 1.23. The molecule has 0 aliphatic carbocycles. The number of nitrogens with zero attached hydrogens (tertiary/aromatic N) is 1. The molecule has 144 valence electrons. The molecule has 2 aromatic carbocycles. The number of hydrogen-bond acceptors (Lipinski definition) is 3. The molecule has 3 rings (SSSR count). The summed E-state index contributed by atoms with van der Waals surface area (Å²) in [6.07, 6.45) is 2.27. The molecule has 1 aromatic heterocycles. The molecule has 0 bridgehead atoms. The molecule has 0 spiro atoms. The number of fused-ring (bicyclic) bond motifs is 2. The van der Waals surface area contributed by atoms with E-state index in [1.165, 1.54) is 0 Å². The summed E-state index contributed by atoms with van der Waals surface area (Å²) in [5.74, 6) is 0.735. The van der Waals surface area contributed by atoms with E-state index < -0.39 is 0 Å². The van der Waals surface area contributed by atoms with E-state index in [-0.39, 0.29) is 5.43 Å². The van der Waals surface area contributed by atoms with Gasteiger partial charge in [0.25, 0.3) is 0 Å². The van der Waals surface area contributed by atoms with Gasteiger partial charge in [-0.3, -0.25) is 9.69 Å². The first-order valence-electron chi connectivity index (χ1n) is 9.33. The predicted octanol–water partition coefficient (Wildman–Crippen LogP) is 5.49. The third kappa shape index (κ3) is 4.57. The number of hydrogen-bond donors (Lipinski definition) is 1. The number of halogens is 2. The second-order valence-corrected chi connectivity index (χ2v) is 7.51. The van der Waals surface area contributed by atoms with Gasteiger partial charge in [-0.25, -0.2) is 0 Å². The van der Waals surface area contributed by atoms with Gasteiger partial charge >= 0.3 is 0 Å². The molecule has 1 heterocycles. The Labute approximate surface area is 169 Å². The Morgan fingerprint density at radius 1 is 1.00 bits per heavy atom. The molecular formula is C21H24Cl2N2O2. The first kappa shape index (κ1) is 20.0. The van der Waals surface area contributed by atoms with Crippen molar-refractivity contribution in [2.45, 2.75) is 26.7 Å². The molecule has 0 amide bonds. The van der Waals surface area contributed by atoms with Gasteiger partial charge in [0.2, 0.25) is 0 Å². The van der Waals surface area contributed by atoms with Gasteiger partial charge in [0.15, 0.2) is 5.43 Å². The molecule has 0 saturated heterocycles. The van der Waals surface area contributed by atoms with Crippen LogP contribution in [0.15, 0.2) is 35.1 Å². The predicted molar refractivity (Wildman–Crippen MR) is 115 cm³/mol. The first-order valence-corrected chi connectivity index (χ1v) is 10.1. The lowest BCUT2D eigenvalue weighted by Gasteiger charge is -2.20. The Morgan fingerprint density at radius 2 is 1.74 bits per heavy atom. The summed E-state index contributed by atoms with van der Waals surface area (Å²) in [4.78, 5) is 18.4. The van der Waals surface area contributed by atoms with Crippen molar-refractivity contribution in [2.75, 3.05) is 26.2 Å². The van der Waals surface area contributed by atoms with Crippen LogP contribution in [0.25, 0.3) is 21.8 Å². The Bertz CT molecular complexity index is 995. The zero-order valence-corrected chi connectivity index (χ0v) is 17.2. The minimum atomic E-state index is -0.107. The second-order valence-electron chi connectivity index (χ2n) is 6.66. The quantitative estimate of drug-likeness (QED) is 0.503. The molecule has 1 N–H and O–H groups in total. The Balaban J connectivity index is 1.85. The number of aromatic nitrogens is 1. The number of nitrogens with one attached hydrogen (secondary N) is 1. The molecule has 0 radical (unpaired) electrons. The van der Waals surface area contributed by atoms with Crippen LogP contribution in [-0.2, 0) is 0 Å². The molecule has 0 aliphatic rings. The number of rotatable bonds is 8. The summed E-state index contributed by atoms with van der Waals surface area (Å²) in [7, 11) is 0. The van der Waals surface area contributed by atoms with Crippen LogP contribution in [0.4, 0.5) is 0 Å². The summed E-state index contributed by atoms with van der Waals surface area (Å²) < 4.78 is 5.92. The van der Waals surface area contributed by atoms with E-state index >= 15 is 0 Å². The molecule has 0 unspecified atom stereocenters. The molecule has 4 nitrogen and oxygen atoms in total.